The molecule has 0 aliphatic heterocycles. The van der Waals surface area contributed by atoms with Crippen LogP contribution in [0.3, 0.4) is 0 Å². The molecule has 2 aromatic rings. The predicted molar refractivity (Wildman–Crippen MR) is 83.8 cm³/mol. The quantitative estimate of drug-likeness (QED) is 0.823. The molecule has 2 rings (SSSR count). The van der Waals surface area contributed by atoms with E-state index in [4.69, 9.17) is 0 Å². The maximum Gasteiger partial charge on any atom is 0.0369 e. The molecular weight excluding hydrogens is 354 g/mol. The van der Waals surface area contributed by atoms with Crippen LogP contribution < -0.4 is 5.32 Å². The molecule has 0 fully saturated rings. The number of hydrogen-bond acceptors (Lipinski definition) is 1. The van der Waals surface area contributed by atoms with Crippen LogP contribution >= 0.6 is 31.9 Å². The second kappa shape index (κ2) is 6.50. The fraction of sp³-hybridized carbons (Fsp3) is 0.200. The van der Waals surface area contributed by atoms with Gasteiger partial charge in [-0.15, -0.1) is 0 Å². The summed E-state index contributed by atoms with van der Waals surface area (Å²) in [5.41, 5.74) is 2.62. The van der Waals surface area contributed by atoms with Crippen molar-refractivity contribution in [2.75, 3.05) is 7.05 Å². The van der Waals surface area contributed by atoms with Crippen LogP contribution in [0.4, 0.5) is 0 Å². The SMILES string of the molecule is CNC(Cc1ccc(Br)cc1)c1ccccc1Br. The van der Waals surface area contributed by atoms with Gasteiger partial charge in [-0.05, 0) is 42.8 Å². The zero-order chi connectivity index (χ0) is 13.0. The fourth-order valence-corrected chi connectivity index (χ4v) is 2.81. The Bertz CT molecular complexity index is 508. The van der Waals surface area contributed by atoms with Crippen molar-refractivity contribution in [1.29, 1.82) is 0 Å². The lowest BCUT2D eigenvalue weighted by Gasteiger charge is -2.18. The van der Waals surface area contributed by atoms with Crippen molar-refractivity contribution in [2.24, 2.45) is 0 Å². The molecule has 0 bridgehead atoms. The molecular formula is C15H15Br2N. The summed E-state index contributed by atoms with van der Waals surface area (Å²) in [5, 5.41) is 3.38. The van der Waals surface area contributed by atoms with E-state index in [0.717, 1.165) is 15.4 Å². The number of benzene rings is 2. The first kappa shape index (κ1) is 13.8. The minimum absolute atomic E-state index is 0.321. The van der Waals surface area contributed by atoms with E-state index in [2.05, 4.69) is 79.6 Å². The van der Waals surface area contributed by atoms with Gasteiger partial charge in [-0.3, -0.25) is 0 Å². The molecule has 94 valence electrons. The van der Waals surface area contributed by atoms with Crippen molar-refractivity contribution in [3.8, 4) is 0 Å². The Morgan fingerprint density at radius 3 is 2.28 bits per heavy atom. The fourth-order valence-electron chi connectivity index (χ4n) is 1.98. The Kier molecular flexibility index (Phi) is 4.98. The normalized spacial score (nSPS) is 12.4. The minimum atomic E-state index is 0.321. The molecule has 0 radical (unpaired) electrons. The molecule has 0 aliphatic rings. The van der Waals surface area contributed by atoms with E-state index >= 15 is 0 Å². The Labute approximate surface area is 125 Å². The lowest BCUT2D eigenvalue weighted by molar-refractivity contribution is 0.590. The highest BCUT2D eigenvalue weighted by atomic mass is 79.9. The summed E-state index contributed by atoms with van der Waals surface area (Å²) in [7, 11) is 2.00. The minimum Gasteiger partial charge on any atom is -0.313 e. The molecule has 1 nitrogen and oxygen atoms in total. The number of halogens is 2. The monoisotopic (exact) mass is 367 g/mol. The van der Waals surface area contributed by atoms with E-state index in [9.17, 15) is 0 Å². The molecule has 0 saturated heterocycles. The van der Waals surface area contributed by atoms with Crippen LogP contribution in [0.2, 0.25) is 0 Å². The molecule has 0 spiro atoms. The summed E-state index contributed by atoms with van der Waals surface area (Å²) in [6.07, 6.45) is 0.979. The van der Waals surface area contributed by atoms with Crippen LogP contribution in [-0.4, -0.2) is 7.05 Å². The van der Waals surface area contributed by atoms with Gasteiger partial charge >= 0.3 is 0 Å². The lowest BCUT2D eigenvalue weighted by atomic mass is 9.99. The van der Waals surface area contributed by atoms with Crippen LogP contribution in [0.5, 0.6) is 0 Å². The smallest absolute Gasteiger partial charge is 0.0369 e. The molecule has 0 saturated carbocycles. The van der Waals surface area contributed by atoms with Gasteiger partial charge in [0.25, 0.3) is 0 Å². The Hall–Kier alpha value is -0.640. The van der Waals surface area contributed by atoms with E-state index in [1.165, 1.54) is 11.1 Å². The van der Waals surface area contributed by atoms with Crippen molar-refractivity contribution >= 4 is 31.9 Å². The first-order chi connectivity index (χ1) is 8.70. The van der Waals surface area contributed by atoms with Crippen LogP contribution in [0.1, 0.15) is 17.2 Å². The third kappa shape index (κ3) is 3.44. The average Bonchev–Trinajstić information content (AvgIpc) is 2.39. The number of nitrogens with one attached hydrogen (secondary N) is 1. The van der Waals surface area contributed by atoms with Gasteiger partial charge in [0.2, 0.25) is 0 Å². The van der Waals surface area contributed by atoms with Gasteiger partial charge in [0, 0.05) is 15.0 Å². The van der Waals surface area contributed by atoms with Crippen molar-refractivity contribution in [3.05, 3.63) is 68.6 Å². The van der Waals surface area contributed by atoms with Crippen molar-refractivity contribution in [3.63, 3.8) is 0 Å². The maximum atomic E-state index is 3.62. The summed E-state index contributed by atoms with van der Waals surface area (Å²) >= 11 is 7.08. The van der Waals surface area contributed by atoms with Crippen molar-refractivity contribution < 1.29 is 0 Å². The number of likely N-dealkylation sites (N-methyl/N-ethyl adjacent to an activating group) is 1. The molecule has 1 N–H and O–H groups in total. The van der Waals surface area contributed by atoms with Gasteiger partial charge in [0.15, 0.2) is 0 Å². The third-order valence-corrected chi connectivity index (χ3v) is 4.23. The second-order valence-corrected chi connectivity index (χ2v) is 5.96. The maximum absolute atomic E-state index is 3.62. The summed E-state index contributed by atoms with van der Waals surface area (Å²) in [6, 6.07) is 17.2. The van der Waals surface area contributed by atoms with Crippen LogP contribution in [0, 0.1) is 0 Å². The van der Waals surface area contributed by atoms with Gasteiger partial charge in [0.1, 0.15) is 0 Å². The second-order valence-electron chi connectivity index (χ2n) is 4.19. The average molecular weight is 369 g/mol. The van der Waals surface area contributed by atoms with Gasteiger partial charge < -0.3 is 5.32 Å². The first-order valence-corrected chi connectivity index (χ1v) is 7.45. The van der Waals surface area contributed by atoms with E-state index < -0.39 is 0 Å². The first-order valence-electron chi connectivity index (χ1n) is 5.87. The molecule has 0 heterocycles. The highest BCUT2D eigenvalue weighted by Gasteiger charge is 2.12. The van der Waals surface area contributed by atoms with Crippen LogP contribution in [-0.2, 0) is 6.42 Å². The van der Waals surface area contributed by atoms with E-state index in [0.29, 0.717) is 6.04 Å². The van der Waals surface area contributed by atoms with Crippen molar-refractivity contribution in [2.45, 2.75) is 12.5 Å². The highest BCUT2D eigenvalue weighted by molar-refractivity contribution is 9.10. The zero-order valence-electron chi connectivity index (χ0n) is 10.2. The largest absolute Gasteiger partial charge is 0.313 e. The Morgan fingerprint density at radius 1 is 1.00 bits per heavy atom. The zero-order valence-corrected chi connectivity index (χ0v) is 13.3. The van der Waals surface area contributed by atoms with Crippen molar-refractivity contribution in [1.82, 2.24) is 5.32 Å². The van der Waals surface area contributed by atoms with Crippen LogP contribution in [0.25, 0.3) is 0 Å². The summed E-state index contributed by atoms with van der Waals surface area (Å²) in [6.45, 7) is 0. The molecule has 1 atom stereocenters. The molecule has 2 aromatic carbocycles. The van der Waals surface area contributed by atoms with E-state index in [1.807, 2.05) is 13.1 Å². The third-order valence-electron chi connectivity index (χ3n) is 2.98. The molecule has 0 amide bonds. The molecule has 1 unspecified atom stereocenters. The highest BCUT2D eigenvalue weighted by Crippen LogP contribution is 2.26. The van der Waals surface area contributed by atoms with Gasteiger partial charge in [0.05, 0.1) is 0 Å². The summed E-state index contributed by atoms with van der Waals surface area (Å²) in [4.78, 5) is 0. The Balaban J connectivity index is 2.20. The van der Waals surface area contributed by atoms with Gasteiger partial charge in [-0.25, -0.2) is 0 Å². The molecule has 18 heavy (non-hydrogen) atoms. The number of hydrogen-bond donors (Lipinski definition) is 1. The Morgan fingerprint density at radius 2 is 1.67 bits per heavy atom. The topological polar surface area (TPSA) is 12.0 Å². The van der Waals surface area contributed by atoms with E-state index in [-0.39, 0.29) is 0 Å². The lowest BCUT2D eigenvalue weighted by Crippen LogP contribution is -2.19. The van der Waals surface area contributed by atoms with Gasteiger partial charge in [-0.2, -0.15) is 0 Å². The predicted octanol–water partition coefficient (Wildman–Crippen LogP) is 4.71. The van der Waals surface area contributed by atoms with Crippen LogP contribution in [0.15, 0.2) is 57.5 Å². The molecule has 3 heteroatoms. The summed E-state index contributed by atoms with van der Waals surface area (Å²) < 4.78 is 2.27. The van der Waals surface area contributed by atoms with E-state index in [1.54, 1.807) is 0 Å². The number of rotatable bonds is 4. The van der Waals surface area contributed by atoms with Gasteiger partial charge in [-0.1, -0.05) is 62.2 Å². The summed E-state index contributed by atoms with van der Waals surface area (Å²) in [5.74, 6) is 0. The molecule has 0 aliphatic carbocycles. The standard InChI is InChI=1S/C15H15Br2N/c1-18-15(13-4-2-3-5-14(13)17)10-11-6-8-12(16)9-7-11/h2-9,15,18H,10H2,1H3. The molecule has 0 aromatic heterocycles.